The maximum atomic E-state index is 11.8. The van der Waals surface area contributed by atoms with E-state index in [1.54, 1.807) is 31.2 Å². The Morgan fingerprint density at radius 3 is 2.52 bits per heavy atom. The zero-order valence-electron chi connectivity index (χ0n) is 14.3. The van der Waals surface area contributed by atoms with Crippen molar-refractivity contribution in [2.75, 3.05) is 11.9 Å². The van der Waals surface area contributed by atoms with Crippen LogP contribution in [0.3, 0.4) is 0 Å². The van der Waals surface area contributed by atoms with Crippen molar-refractivity contribution in [1.29, 1.82) is 0 Å². The molecule has 2 aromatic rings. The van der Waals surface area contributed by atoms with Crippen LogP contribution in [-0.2, 0) is 4.79 Å². The molecule has 0 fully saturated rings. The molecule has 25 heavy (non-hydrogen) atoms. The van der Waals surface area contributed by atoms with Crippen molar-refractivity contribution in [2.24, 2.45) is 0 Å². The SMILES string of the molecule is Cc1ccc(OCC(=O)NNC(=O)Nc2cccc(Cl)c2C)cc1C. The van der Waals surface area contributed by atoms with Crippen molar-refractivity contribution in [3.8, 4) is 5.75 Å². The van der Waals surface area contributed by atoms with Gasteiger partial charge in [-0.1, -0.05) is 23.7 Å². The average Bonchev–Trinajstić information content (AvgIpc) is 2.58. The van der Waals surface area contributed by atoms with Gasteiger partial charge in [0.1, 0.15) is 5.75 Å². The van der Waals surface area contributed by atoms with Crippen LogP contribution in [0.15, 0.2) is 36.4 Å². The topological polar surface area (TPSA) is 79.5 Å². The standard InChI is InChI=1S/C18H20ClN3O3/c1-11-7-8-14(9-12(11)2)25-10-17(23)21-22-18(24)20-16-6-4-5-15(19)13(16)3/h4-9H,10H2,1-3H3,(H,21,23)(H2,20,22,24). The minimum Gasteiger partial charge on any atom is -0.484 e. The van der Waals surface area contributed by atoms with E-state index in [1.807, 2.05) is 26.0 Å². The van der Waals surface area contributed by atoms with Gasteiger partial charge in [0.15, 0.2) is 6.61 Å². The van der Waals surface area contributed by atoms with E-state index in [9.17, 15) is 9.59 Å². The highest BCUT2D eigenvalue weighted by molar-refractivity contribution is 6.31. The molecule has 0 atom stereocenters. The molecule has 0 saturated carbocycles. The number of ether oxygens (including phenoxy) is 1. The Bertz CT molecular complexity index is 793. The van der Waals surface area contributed by atoms with Crippen molar-refractivity contribution in [3.63, 3.8) is 0 Å². The summed E-state index contributed by atoms with van der Waals surface area (Å²) < 4.78 is 5.39. The summed E-state index contributed by atoms with van der Waals surface area (Å²) in [5.41, 5.74) is 8.06. The fraction of sp³-hybridized carbons (Fsp3) is 0.222. The molecule has 6 nitrogen and oxygen atoms in total. The molecule has 0 spiro atoms. The lowest BCUT2D eigenvalue weighted by Gasteiger charge is -2.12. The first-order valence-corrected chi connectivity index (χ1v) is 8.05. The highest BCUT2D eigenvalue weighted by Crippen LogP contribution is 2.22. The second-order valence-corrected chi connectivity index (χ2v) is 5.98. The maximum absolute atomic E-state index is 11.8. The maximum Gasteiger partial charge on any atom is 0.337 e. The summed E-state index contributed by atoms with van der Waals surface area (Å²) in [4.78, 5) is 23.6. The van der Waals surface area contributed by atoms with Crippen molar-refractivity contribution < 1.29 is 14.3 Å². The van der Waals surface area contributed by atoms with E-state index in [-0.39, 0.29) is 6.61 Å². The van der Waals surface area contributed by atoms with E-state index in [4.69, 9.17) is 16.3 Å². The van der Waals surface area contributed by atoms with Crippen LogP contribution in [0.25, 0.3) is 0 Å². The Morgan fingerprint density at radius 1 is 1.04 bits per heavy atom. The Hall–Kier alpha value is -2.73. The van der Waals surface area contributed by atoms with Crippen molar-refractivity contribution >= 4 is 29.2 Å². The van der Waals surface area contributed by atoms with E-state index in [2.05, 4.69) is 16.2 Å². The van der Waals surface area contributed by atoms with Gasteiger partial charge in [-0.15, -0.1) is 0 Å². The van der Waals surface area contributed by atoms with Gasteiger partial charge in [0, 0.05) is 10.7 Å². The van der Waals surface area contributed by atoms with Gasteiger partial charge in [-0.3, -0.25) is 10.2 Å². The predicted octanol–water partition coefficient (Wildman–Crippen LogP) is 3.50. The van der Waals surface area contributed by atoms with Gasteiger partial charge in [0.25, 0.3) is 5.91 Å². The van der Waals surface area contributed by atoms with Crippen molar-refractivity contribution in [2.45, 2.75) is 20.8 Å². The number of hydrazine groups is 1. The molecule has 132 valence electrons. The Labute approximate surface area is 151 Å². The largest absolute Gasteiger partial charge is 0.484 e. The van der Waals surface area contributed by atoms with E-state index in [0.717, 1.165) is 16.7 Å². The molecule has 0 aliphatic carbocycles. The monoisotopic (exact) mass is 361 g/mol. The first-order valence-electron chi connectivity index (χ1n) is 7.68. The summed E-state index contributed by atoms with van der Waals surface area (Å²) in [5, 5.41) is 3.15. The summed E-state index contributed by atoms with van der Waals surface area (Å²) in [5.74, 6) is 0.119. The van der Waals surface area contributed by atoms with Crippen LogP contribution in [0.1, 0.15) is 16.7 Å². The molecule has 0 unspecified atom stereocenters. The normalized spacial score (nSPS) is 10.1. The van der Waals surface area contributed by atoms with Crippen LogP contribution in [0.5, 0.6) is 5.75 Å². The number of nitrogens with one attached hydrogen (secondary N) is 3. The molecule has 0 radical (unpaired) electrons. The molecule has 2 aromatic carbocycles. The average molecular weight is 362 g/mol. The third kappa shape index (κ3) is 5.39. The van der Waals surface area contributed by atoms with Crippen LogP contribution >= 0.6 is 11.6 Å². The van der Waals surface area contributed by atoms with Gasteiger partial charge in [0.2, 0.25) is 0 Å². The van der Waals surface area contributed by atoms with Crippen LogP contribution < -0.4 is 20.9 Å². The second kappa shape index (κ2) is 8.39. The predicted molar refractivity (Wildman–Crippen MR) is 97.9 cm³/mol. The first kappa shape index (κ1) is 18.6. The number of halogens is 1. The summed E-state index contributed by atoms with van der Waals surface area (Å²) in [7, 11) is 0. The first-order chi connectivity index (χ1) is 11.9. The molecular weight excluding hydrogens is 342 g/mol. The summed E-state index contributed by atoms with van der Waals surface area (Å²) >= 11 is 5.99. The molecule has 0 aliphatic heterocycles. The van der Waals surface area contributed by atoms with Gasteiger partial charge in [0.05, 0.1) is 0 Å². The van der Waals surface area contributed by atoms with E-state index in [1.165, 1.54) is 0 Å². The minimum absolute atomic E-state index is 0.209. The van der Waals surface area contributed by atoms with Crippen LogP contribution in [0, 0.1) is 20.8 Å². The molecule has 0 heterocycles. The lowest BCUT2D eigenvalue weighted by molar-refractivity contribution is -0.123. The van der Waals surface area contributed by atoms with Crippen LogP contribution in [0.4, 0.5) is 10.5 Å². The quantitative estimate of drug-likeness (QED) is 0.729. The van der Waals surface area contributed by atoms with E-state index in [0.29, 0.717) is 16.5 Å². The van der Waals surface area contributed by atoms with Gasteiger partial charge < -0.3 is 10.1 Å². The second-order valence-electron chi connectivity index (χ2n) is 5.57. The highest BCUT2D eigenvalue weighted by Gasteiger charge is 2.08. The number of carbonyl (C=O) groups is 2. The van der Waals surface area contributed by atoms with Crippen LogP contribution in [-0.4, -0.2) is 18.5 Å². The van der Waals surface area contributed by atoms with Crippen LogP contribution in [0.2, 0.25) is 5.02 Å². The molecule has 3 N–H and O–H groups in total. The Kier molecular flexibility index (Phi) is 6.25. The zero-order valence-corrected chi connectivity index (χ0v) is 15.0. The number of rotatable bonds is 4. The Morgan fingerprint density at radius 2 is 1.80 bits per heavy atom. The van der Waals surface area contributed by atoms with Gasteiger partial charge in [-0.2, -0.15) is 0 Å². The summed E-state index contributed by atoms with van der Waals surface area (Å²) in [6, 6.07) is 10.1. The third-order valence-electron chi connectivity index (χ3n) is 3.68. The third-order valence-corrected chi connectivity index (χ3v) is 4.09. The fourth-order valence-electron chi connectivity index (χ4n) is 2.01. The number of aryl methyl sites for hydroxylation is 2. The molecule has 0 aromatic heterocycles. The molecule has 0 bridgehead atoms. The minimum atomic E-state index is -0.579. The number of carbonyl (C=O) groups excluding carboxylic acids is 2. The zero-order chi connectivity index (χ0) is 18.4. The van der Waals surface area contributed by atoms with Gasteiger partial charge >= 0.3 is 6.03 Å². The number of hydrogen-bond donors (Lipinski definition) is 3. The highest BCUT2D eigenvalue weighted by atomic mass is 35.5. The Balaban J connectivity index is 1.78. The number of anilines is 1. The molecule has 7 heteroatoms. The van der Waals surface area contributed by atoms with Crippen molar-refractivity contribution in [1.82, 2.24) is 10.9 Å². The smallest absolute Gasteiger partial charge is 0.337 e. The van der Waals surface area contributed by atoms with Crippen molar-refractivity contribution in [3.05, 3.63) is 58.1 Å². The molecular formula is C18H20ClN3O3. The lowest BCUT2D eigenvalue weighted by atomic mass is 10.1. The molecule has 0 saturated heterocycles. The van der Waals surface area contributed by atoms with Gasteiger partial charge in [-0.05, 0) is 61.7 Å². The number of hydrogen-bond acceptors (Lipinski definition) is 3. The summed E-state index contributed by atoms with van der Waals surface area (Å²) in [6.07, 6.45) is 0. The number of amides is 3. The molecule has 2 rings (SSSR count). The number of urea groups is 1. The molecule has 0 aliphatic rings. The van der Waals surface area contributed by atoms with Gasteiger partial charge in [-0.25, -0.2) is 10.2 Å². The lowest BCUT2D eigenvalue weighted by Crippen LogP contribution is -2.45. The van der Waals surface area contributed by atoms with E-state index < -0.39 is 11.9 Å². The number of benzene rings is 2. The fourth-order valence-corrected chi connectivity index (χ4v) is 2.19. The molecule has 3 amide bonds. The summed E-state index contributed by atoms with van der Waals surface area (Å²) in [6.45, 7) is 5.54. The van der Waals surface area contributed by atoms with E-state index >= 15 is 0 Å².